The molecule has 0 aliphatic carbocycles. The number of carbonyl (C=O) groups is 2. The van der Waals surface area contributed by atoms with E-state index in [9.17, 15) is 9.59 Å². The summed E-state index contributed by atoms with van der Waals surface area (Å²) < 4.78 is 5.09. The molecular formula is C21H19N5O3S3. The summed E-state index contributed by atoms with van der Waals surface area (Å²) in [6.45, 7) is 3.82. The number of thioether (sulfide) groups is 1. The molecule has 164 valence electrons. The van der Waals surface area contributed by atoms with Crippen LogP contribution in [0.25, 0.3) is 10.6 Å². The Morgan fingerprint density at radius 2 is 2.12 bits per heavy atom. The first kappa shape index (κ1) is 22.2. The average Bonchev–Trinajstić information content (AvgIpc) is 3.52. The second kappa shape index (κ2) is 10.1. The SMILES string of the molecule is CC(=O)NCc1ccc(-c2csc(NC(=O)c3cccnc3SCc3cc(C)on3)n2)s1. The Hall–Kier alpha value is -3.02. The fourth-order valence-electron chi connectivity index (χ4n) is 2.74. The second-order valence-electron chi connectivity index (χ2n) is 6.74. The van der Waals surface area contributed by atoms with Crippen LogP contribution in [0, 0.1) is 6.92 Å². The van der Waals surface area contributed by atoms with Gasteiger partial charge in [0.1, 0.15) is 10.8 Å². The number of amides is 2. The van der Waals surface area contributed by atoms with Crippen molar-refractivity contribution in [3.8, 4) is 10.6 Å². The van der Waals surface area contributed by atoms with Crippen molar-refractivity contribution >= 4 is 51.4 Å². The van der Waals surface area contributed by atoms with Crippen LogP contribution in [0.2, 0.25) is 0 Å². The summed E-state index contributed by atoms with van der Waals surface area (Å²) in [5.74, 6) is 0.958. The van der Waals surface area contributed by atoms with Gasteiger partial charge in [-0.1, -0.05) is 16.9 Å². The minimum absolute atomic E-state index is 0.0670. The molecule has 0 spiro atoms. The van der Waals surface area contributed by atoms with Crippen molar-refractivity contribution in [1.29, 1.82) is 0 Å². The Morgan fingerprint density at radius 1 is 1.25 bits per heavy atom. The van der Waals surface area contributed by atoms with E-state index in [1.54, 1.807) is 29.7 Å². The highest BCUT2D eigenvalue weighted by molar-refractivity contribution is 7.98. The number of aromatic nitrogens is 3. The molecule has 0 aliphatic rings. The van der Waals surface area contributed by atoms with E-state index >= 15 is 0 Å². The van der Waals surface area contributed by atoms with E-state index in [1.807, 2.05) is 30.5 Å². The number of nitrogens with one attached hydrogen (secondary N) is 2. The number of carbonyl (C=O) groups excluding carboxylic acids is 2. The van der Waals surface area contributed by atoms with Gasteiger partial charge in [0.2, 0.25) is 5.91 Å². The predicted octanol–water partition coefficient (Wildman–Crippen LogP) is 4.74. The topological polar surface area (TPSA) is 110 Å². The van der Waals surface area contributed by atoms with Gasteiger partial charge in [0.25, 0.3) is 5.91 Å². The van der Waals surface area contributed by atoms with Crippen molar-refractivity contribution in [2.24, 2.45) is 0 Å². The van der Waals surface area contributed by atoms with Crippen LogP contribution in [0.3, 0.4) is 0 Å². The molecule has 11 heteroatoms. The summed E-state index contributed by atoms with van der Waals surface area (Å²) in [5.41, 5.74) is 2.05. The lowest BCUT2D eigenvalue weighted by molar-refractivity contribution is -0.119. The molecule has 2 amide bonds. The lowest BCUT2D eigenvalue weighted by Gasteiger charge is -2.06. The van der Waals surface area contributed by atoms with Crippen molar-refractivity contribution in [1.82, 2.24) is 20.4 Å². The summed E-state index contributed by atoms with van der Waals surface area (Å²) in [4.78, 5) is 34.9. The standard InChI is InChI=1S/C21H19N5O3S3/c1-12-8-14(26-29-12)10-30-20-16(4-3-7-22-20)19(28)25-21-24-17(11-31-21)18-6-5-15(32-18)9-23-13(2)27/h3-8,11H,9-10H2,1-2H3,(H,23,27)(H,24,25,28). The quantitative estimate of drug-likeness (QED) is 0.347. The van der Waals surface area contributed by atoms with Crippen LogP contribution in [-0.2, 0) is 17.1 Å². The van der Waals surface area contributed by atoms with E-state index in [0.29, 0.717) is 28.0 Å². The van der Waals surface area contributed by atoms with Gasteiger partial charge in [-0.2, -0.15) is 0 Å². The van der Waals surface area contributed by atoms with E-state index in [-0.39, 0.29) is 11.8 Å². The van der Waals surface area contributed by atoms with Gasteiger partial charge in [-0.25, -0.2) is 9.97 Å². The molecule has 0 unspecified atom stereocenters. The first-order valence-electron chi connectivity index (χ1n) is 9.58. The largest absolute Gasteiger partial charge is 0.361 e. The van der Waals surface area contributed by atoms with Crippen LogP contribution >= 0.6 is 34.4 Å². The first-order valence-corrected chi connectivity index (χ1v) is 12.3. The van der Waals surface area contributed by atoms with E-state index in [4.69, 9.17) is 4.52 Å². The molecule has 4 rings (SSSR count). The molecule has 0 aromatic carbocycles. The maximum Gasteiger partial charge on any atom is 0.260 e. The Kier molecular flexibility index (Phi) is 6.98. The molecular weight excluding hydrogens is 466 g/mol. The minimum Gasteiger partial charge on any atom is -0.361 e. The molecule has 0 saturated carbocycles. The average molecular weight is 486 g/mol. The van der Waals surface area contributed by atoms with Crippen LogP contribution in [0.1, 0.15) is 33.6 Å². The molecule has 0 aliphatic heterocycles. The highest BCUT2D eigenvalue weighted by Gasteiger charge is 2.16. The summed E-state index contributed by atoms with van der Waals surface area (Å²) in [6, 6.07) is 9.25. The van der Waals surface area contributed by atoms with Crippen LogP contribution in [0.4, 0.5) is 5.13 Å². The smallest absolute Gasteiger partial charge is 0.260 e. The summed E-state index contributed by atoms with van der Waals surface area (Å²) >= 11 is 4.34. The molecule has 4 heterocycles. The maximum atomic E-state index is 12.9. The Bertz CT molecular complexity index is 1250. The molecule has 2 N–H and O–H groups in total. The number of hydrogen-bond acceptors (Lipinski definition) is 9. The first-order chi connectivity index (χ1) is 15.5. The molecule has 32 heavy (non-hydrogen) atoms. The molecule has 8 nitrogen and oxygen atoms in total. The zero-order chi connectivity index (χ0) is 22.5. The lowest BCUT2D eigenvalue weighted by Crippen LogP contribution is -2.17. The fourth-order valence-corrected chi connectivity index (χ4v) is 5.30. The van der Waals surface area contributed by atoms with Crippen molar-refractivity contribution in [3.05, 3.63) is 63.8 Å². The third-order valence-electron chi connectivity index (χ3n) is 4.20. The molecule has 0 bridgehead atoms. The molecule has 4 aromatic rings. The maximum absolute atomic E-state index is 12.9. The van der Waals surface area contributed by atoms with Crippen LogP contribution in [-0.4, -0.2) is 26.9 Å². The second-order valence-corrected chi connectivity index (χ2v) is 9.73. The van der Waals surface area contributed by atoms with Gasteiger partial charge in [-0.3, -0.25) is 14.9 Å². The highest BCUT2D eigenvalue weighted by atomic mass is 32.2. The minimum atomic E-state index is -0.268. The van der Waals surface area contributed by atoms with E-state index < -0.39 is 0 Å². The fraction of sp³-hybridized carbons (Fsp3) is 0.190. The Labute approximate surface area is 196 Å². The van der Waals surface area contributed by atoms with Gasteiger partial charge in [-0.15, -0.1) is 22.7 Å². The summed E-state index contributed by atoms with van der Waals surface area (Å²) in [5, 5.41) is 12.6. The third-order valence-corrected chi connectivity index (χ3v) is 7.10. The Morgan fingerprint density at radius 3 is 2.91 bits per heavy atom. The van der Waals surface area contributed by atoms with Gasteiger partial charge in [0, 0.05) is 35.2 Å². The summed E-state index contributed by atoms with van der Waals surface area (Å²) in [6.07, 6.45) is 1.66. The van der Waals surface area contributed by atoms with E-state index in [0.717, 1.165) is 26.9 Å². The highest BCUT2D eigenvalue weighted by Crippen LogP contribution is 2.31. The third kappa shape index (κ3) is 5.61. The number of rotatable bonds is 8. The normalized spacial score (nSPS) is 10.8. The van der Waals surface area contributed by atoms with Crippen LogP contribution in [0.5, 0.6) is 0 Å². The predicted molar refractivity (Wildman–Crippen MR) is 126 cm³/mol. The summed E-state index contributed by atoms with van der Waals surface area (Å²) in [7, 11) is 0. The molecule has 0 radical (unpaired) electrons. The number of nitrogens with zero attached hydrogens (tertiary/aromatic N) is 3. The number of hydrogen-bond donors (Lipinski definition) is 2. The zero-order valence-electron chi connectivity index (χ0n) is 17.2. The number of thiazole rings is 1. The van der Waals surface area contributed by atoms with Crippen molar-refractivity contribution in [2.75, 3.05) is 5.32 Å². The van der Waals surface area contributed by atoms with Crippen LogP contribution < -0.4 is 10.6 Å². The number of aryl methyl sites for hydroxylation is 1. The number of anilines is 1. The molecule has 0 fully saturated rings. The van der Waals surface area contributed by atoms with Gasteiger partial charge < -0.3 is 9.84 Å². The van der Waals surface area contributed by atoms with Gasteiger partial charge in [-0.05, 0) is 31.2 Å². The molecule has 0 saturated heterocycles. The lowest BCUT2D eigenvalue weighted by atomic mass is 10.3. The van der Waals surface area contributed by atoms with Crippen LogP contribution in [0.15, 0.2) is 51.5 Å². The van der Waals surface area contributed by atoms with E-state index in [1.165, 1.54) is 30.0 Å². The number of pyridine rings is 1. The zero-order valence-corrected chi connectivity index (χ0v) is 19.7. The number of thiophene rings is 1. The van der Waals surface area contributed by atoms with Crippen molar-refractivity contribution < 1.29 is 14.1 Å². The Balaban J connectivity index is 1.42. The molecule has 0 atom stereocenters. The van der Waals surface area contributed by atoms with E-state index in [2.05, 4.69) is 25.8 Å². The van der Waals surface area contributed by atoms with Crippen molar-refractivity contribution in [2.45, 2.75) is 31.2 Å². The van der Waals surface area contributed by atoms with Gasteiger partial charge in [0.15, 0.2) is 5.13 Å². The monoisotopic (exact) mass is 485 g/mol. The van der Waals surface area contributed by atoms with Gasteiger partial charge in [0.05, 0.1) is 28.4 Å². The molecule has 4 aromatic heterocycles. The van der Waals surface area contributed by atoms with Crippen molar-refractivity contribution in [3.63, 3.8) is 0 Å². The van der Waals surface area contributed by atoms with Gasteiger partial charge >= 0.3 is 0 Å².